The summed E-state index contributed by atoms with van der Waals surface area (Å²) in [6.45, 7) is 7.10. The van der Waals surface area contributed by atoms with Crippen LogP contribution in [0.2, 0.25) is 0 Å². The van der Waals surface area contributed by atoms with Crippen LogP contribution < -0.4 is 20.3 Å². The van der Waals surface area contributed by atoms with Crippen LogP contribution in [-0.4, -0.2) is 55.2 Å². The highest BCUT2D eigenvalue weighted by molar-refractivity contribution is 9.10. The number of hydrogen-bond donors (Lipinski definition) is 3. The summed E-state index contributed by atoms with van der Waals surface area (Å²) in [5.41, 5.74) is -1.28. The number of anilines is 2. The Balaban J connectivity index is 1.97. The highest BCUT2D eigenvalue weighted by Gasteiger charge is 2.52. The number of amides is 3. The fourth-order valence-electron chi connectivity index (χ4n) is 4.05. The highest BCUT2D eigenvalue weighted by atomic mass is 79.9. The molecule has 0 radical (unpaired) electrons. The molecule has 1 heterocycles. The van der Waals surface area contributed by atoms with Crippen LogP contribution in [-0.2, 0) is 10.5 Å². The van der Waals surface area contributed by atoms with Crippen molar-refractivity contribution in [1.82, 2.24) is 10.2 Å². The molecule has 0 spiro atoms. The summed E-state index contributed by atoms with van der Waals surface area (Å²) < 4.78 is 5.95. The first kappa shape index (κ1) is 25.0. The number of hydrogen-bond acceptors (Lipinski definition) is 5. The number of halogens is 1. The molecule has 3 rings (SSSR count). The smallest absolute Gasteiger partial charge is 0.329 e. The van der Waals surface area contributed by atoms with Crippen LogP contribution in [0.25, 0.3) is 0 Å². The molecular weight excluding hydrogens is 488 g/mol. The summed E-state index contributed by atoms with van der Waals surface area (Å²) in [4.78, 5) is 30.0. The number of fused-ring (bicyclic) bond motifs is 1. The quantitative estimate of drug-likeness (QED) is 0.443. The molecule has 3 N–H and O–H groups in total. The number of nitrogens with zero attached hydrogens (tertiary/aromatic N) is 2. The van der Waals surface area contributed by atoms with Crippen LogP contribution in [0.15, 0.2) is 46.9 Å². The van der Waals surface area contributed by atoms with Gasteiger partial charge in [-0.1, -0.05) is 35.8 Å². The molecule has 9 heteroatoms. The average Bonchev–Trinajstić information content (AvgIpc) is 2.80. The van der Waals surface area contributed by atoms with Gasteiger partial charge in [0.15, 0.2) is 0 Å². The molecule has 2 aromatic carbocycles. The fourth-order valence-corrected chi connectivity index (χ4v) is 4.41. The number of methoxy groups -OCH3 is 1. The van der Waals surface area contributed by atoms with Crippen LogP contribution >= 0.6 is 15.9 Å². The van der Waals surface area contributed by atoms with E-state index in [2.05, 4.69) is 45.3 Å². The van der Waals surface area contributed by atoms with Gasteiger partial charge in [-0.3, -0.25) is 9.69 Å². The number of benzene rings is 2. The van der Waals surface area contributed by atoms with Crippen molar-refractivity contribution in [2.45, 2.75) is 32.4 Å². The molecule has 0 fully saturated rings. The number of aliphatic hydroxyl groups is 1. The Hall–Kier alpha value is -2.62. The van der Waals surface area contributed by atoms with Crippen LogP contribution in [0.5, 0.6) is 5.75 Å². The molecule has 0 aromatic heterocycles. The lowest BCUT2D eigenvalue weighted by Gasteiger charge is -2.42. The molecule has 0 saturated carbocycles. The number of carbonyl (C=O) groups is 2. The van der Waals surface area contributed by atoms with E-state index >= 15 is 0 Å². The Kier molecular flexibility index (Phi) is 8.34. The standard InChI is InChI=1S/C24H31BrN4O4/c1-4-12-28(13-5-2)14-11-26-22(30)24(32)20-15-17(25)9-10-21(20)27-23(31)29(24)18-7-6-8-19(16-18)33-3/h6-10,15-16,32H,4-5,11-14H2,1-3H3,(H,26,30)(H,27,31)/t24-/m1/s1. The molecule has 0 unspecified atom stereocenters. The van der Waals surface area contributed by atoms with E-state index in [1.807, 2.05) is 0 Å². The Morgan fingerprint density at radius 3 is 2.58 bits per heavy atom. The van der Waals surface area contributed by atoms with Gasteiger partial charge in [0.2, 0.25) is 0 Å². The normalized spacial score (nSPS) is 17.5. The van der Waals surface area contributed by atoms with Crippen molar-refractivity contribution in [3.8, 4) is 5.75 Å². The Bertz CT molecular complexity index is 996. The summed E-state index contributed by atoms with van der Waals surface area (Å²) in [5.74, 6) is -0.176. The summed E-state index contributed by atoms with van der Waals surface area (Å²) in [7, 11) is 1.51. The van der Waals surface area contributed by atoms with Gasteiger partial charge in [-0.2, -0.15) is 0 Å². The molecule has 1 aliphatic heterocycles. The molecule has 0 aliphatic carbocycles. The lowest BCUT2D eigenvalue weighted by Crippen LogP contribution is -2.63. The van der Waals surface area contributed by atoms with E-state index < -0.39 is 17.7 Å². The summed E-state index contributed by atoms with van der Waals surface area (Å²) in [6.07, 6.45) is 2.03. The first-order valence-electron chi connectivity index (χ1n) is 11.1. The lowest BCUT2D eigenvalue weighted by molar-refractivity contribution is -0.140. The minimum Gasteiger partial charge on any atom is -0.497 e. The molecule has 1 aliphatic rings. The third-order valence-electron chi connectivity index (χ3n) is 5.55. The van der Waals surface area contributed by atoms with E-state index in [0.717, 1.165) is 30.8 Å². The summed E-state index contributed by atoms with van der Waals surface area (Å²) >= 11 is 3.41. The van der Waals surface area contributed by atoms with Gasteiger partial charge in [0.05, 0.1) is 18.5 Å². The topological polar surface area (TPSA) is 94.1 Å². The first-order chi connectivity index (χ1) is 15.8. The van der Waals surface area contributed by atoms with Gasteiger partial charge < -0.3 is 25.4 Å². The molecule has 2 aromatic rings. The zero-order valence-corrected chi connectivity index (χ0v) is 20.8. The van der Waals surface area contributed by atoms with Crippen LogP contribution in [0.3, 0.4) is 0 Å². The highest BCUT2D eigenvalue weighted by Crippen LogP contribution is 2.41. The average molecular weight is 519 g/mol. The molecule has 8 nitrogen and oxygen atoms in total. The van der Waals surface area contributed by atoms with E-state index in [-0.39, 0.29) is 5.56 Å². The predicted octanol–water partition coefficient (Wildman–Crippen LogP) is 3.89. The second kappa shape index (κ2) is 11.0. The van der Waals surface area contributed by atoms with Crippen molar-refractivity contribution < 1.29 is 19.4 Å². The van der Waals surface area contributed by atoms with E-state index in [1.54, 1.807) is 42.5 Å². The Labute approximate surface area is 203 Å². The number of rotatable bonds is 10. The Morgan fingerprint density at radius 2 is 1.91 bits per heavy atom. The van der Waals surface area contributed by atoms with Gasteiger partial charge in [-0.15, -0.1) is 0 Å². The van der Waals surface area contributed by atoms with Gasteiger partial charge in [-0.25, -0.2) is 4.79 Å². The second-order valence-corrected chi connectivity index (χ2v) is 8.84. The van der Waals surface area contributed by atoms with Crippen LogP contribution in [0, 0.1) is 0 Å². The molecular formula is C24H31BrN4O4. The van der Waals surface area contributed by atoms with E-state index in [1.165, 1.54) is 7.11 Å². The van der Waals surface area contributed by atoms with Gasteiger partial charge >= 0.3 is 6.03 Å². The zero-order valence-electron chi connectivity index (χ0n) is 19.2. The molecule has 3 amide bonds. The van der Waals surface area contributed by atoms with Crippen LogP contribution in [0.4, 0.5) is 16.2 Å². The van der Waals surface area contributed by atoms with Gasteiger partial charge in [0, 0.05) is 29.2 Å². The largest absolute Gasteiger partial charge is 0.497 e. The van der Waals surface area contributed by atoms with Crippen LogP contribution in [0.1, 0.15) is 32.3 Å². The second-order valence-electron chi connectivity index (χ2n) is 7.93. The monoisotopic (exact) mass is 518 g/mol. The molecule has 178 valence electrons. The van der Waals surface area contributed by atoms with E-state index in [9.17, 15) is 14.7 Å². The van der Waals surface area contributed by atoms with Gasteiger partial charge in [0.1, 0.15) is 5.75 Å². The molecule has 1 atom stereocenters. The predicted molar refractivity (Wildman–Crippen MR) is 133 cm³/mol. The number of urea groups is 1. The third-order valence-corrected chi connectivity index (χ3v) is 6.04. The van der Waals surface area contributed by atoms with Crippen molar-refractivity contribution in [3.05, 3.63) is 52.5 Å². The summed E-state index contributed by atoms with van der Waals surface area (Å²) in [5, 5.41) is 17.5. The minimum atomic E-state index is -2.26. The van der Waals surface area contributed by atoms with Crippen molar-refractivity contribution in [2.24, 2.45) is 0 Å². The maximum absolute atomic E-state index is 13.5. The maximum Gasteiger partial charge on any atom is 0.329 e. The minimum absolute atomic E-state index is 0.274. The van der Waals surface area contributed by atoms with E-state index in [0.29, 0.717) is 34.7 Å². The molecule has 0 saturated heterocycles. The van der Waals surface area contributed by atoms with Gasteiger partial charge in [-0.05, 0) is 56.3 Å². The number of nitrogens with one attached hydrogen (secondary N) is 2. The molecule has 0 bridgehead atoms. The fraction of sp³-hybridized carbons (Fsp3) is 0.417. The first-order valence-corrected chi connectivity index (χ1v) is 11.9. The van der Waals surface area contributed by atoms with E-state index in [4.69, 9.17) is 4.74 Å². The maximum atomic E-state index is 13.5. The van der Waals surface area contributed by atoms with Crippen molar-refractivity contribution >= 4 is 39.2 Å². The van der Waals surface area contributed by atoms with Crippen molar-refractivity contribution in [1.29, 1.82) is 0 Å². The zero-order chi connectivity index (χ0) is 24.0. The van der Waals surface area contributed by atoms with Gasteiger partial charge in [0.25, 0.3) is 11.6 Å². The number of carbonyl (C=O) groups excluding carboxylic acids is 2. The Morgan fingerprint density at radius 1 is 1.18 bits per heavy atom. The number of ether oxygens (including phenoxy) is 1. The lowest BCUT2D eigenvalue weighted by atomic mass is 9.94. The SMILES string of the molecule is CCCN(CCC)CCNC(=O)[C@]1(O)c2cc(Br)ccc2NC(=O)N1c1cccc(OC)c1. The third kappa shape index (κ3) is 5.31. The summed E-state index contributed by atoms with van der Waals surface area (Å²) in [6, 6.07) is 11.1. The molecule has 33 heavy (non-hydrogen) atoms. The van der Waals surface area contributed by atoms with Crippen molar-refractivity contribution in [2.75, 3.05) is 43.5 Å². The van der Waals surface area contributed by atoms with Crippen molar-refractivity contribution in [3.63, 3.8) is 0 Å².